The quantitative estimate of drug-likeness (QED) is 0.514. The molecule has 27 heavy (non-hydrogen) atoms. The molecule has 3 heterocycles. The van der Waals surface area contributed by atoms with Crippen LogP contribution in [-0.2, 0) is 12.6 Å². The maximum atomic E-state index is 12.5. The molecule has 7 nitrogen and oxygen atoms in total. The van der Waals surface area contributed by atoms with Gasteiger partial charge in [0.05, 0.1) is 12.1 Å². The number of hydrogen-bond donors (Lipinski definition) is 0. The van der Waals surface area contributed by atoms with Crippen molar-refractivity contribution in [1.82, 2.24) is 25.3 Å². The first-order valence-corrected chi connectivity index (χ1v) is 8.52. The van der Waals surface area contributed by atoms with E-state index in [0.717, 1.165) is 16.3 Å². The lowest BCUT2D eigenvalue weighted by Gasteiger charge is -1.99. The Labute approximate surface area is 153 Å². The molecule has 0 bridgehead atoms. The zero-order valence-corrected chi connectivity index (χ0v) is 14.5. The van der Waals surface area contributed by atoms with E-state index in [0.29, 0.717) is 23.7 Å². The number of hydrogen-bond acceptors (Lipinski definition) is 8. The molecule has 11 heteroatoms. The van der Waals surface area contributed by atoms with Crippen molar-refractivity contribution in [2.45, 2.75) is 19.5 Å². The highest BCUT2D eigenvalue weighted by Crippen LogP contribution is 2.30. The molecule has 0 saturated carbocycles. The molecule has 4 rings (SSSR count). The highest BCUT2D eigenvalue weighted by molar-refractivity contribution is 7.10. The summed E-state index contributed by atoms with van der Waals surface area (Å²) < 4.78 is 46.8. The summed E-state index contributed by atoms with van der Waals surface area (Å²) in [4.78, 5) is 12.0. The van der Waals surface area contributed by atoms with E-state index >= 15 is 0 Å². The van der Waals surface area contributed by atoms with Gasteiger partial charge in [0.1, 0.15) is 5.01 Å². The second kappa shape index (κ2) is 6.58. The van der Waals surface area contributed by atoms with Crippen LogP contribution in [0.25, 0.3) is 22.6 Å². The Kier molecular flexibility index (Phi) is 4.22. The van der Waals surface area contributed by atoms with Gasteiger partial charge in [0.2, 0.25) is 11.7 Å². The summed E-state index contributed by atoms with van der Waals surface area (Å²) in [5, 5.41) is 9.91. The summed E-state index contributed by atoms with van der Waals surface area (Å²) in [6.45, 7) is 1.72. The minimum absolute atomic E-state index is 0.125. The van der Waals surface area contributed by atoms with Crippen molar-refractivity contribution in [1.29, 1.82) is 0 Å². The third kappa shape index (κ3) is 3.72. The van der Waals surface area contributed by atoms with Crippen molar-refractivity contribution >= 4 is 11.3 Å². The molecular weight excluding hydrogens is 383 g/mol. The molecule has 0 amide bonds. The molecule has 0 fully saturated rings. The van der Waals surface area contributed by atoms with Gasteiger partial charge in [-0.05, 0) is 0 Å². The smallest absolute Gasteiger partial charge is 0.340 e. The lowest BCUT2D eigenvalue weighted by Crippen LogP contribution is -2.04. The first kappa shape index (κ1) is 17.3. The third-order valence-corrected chi connectivity index (χ3v) is 4.39. The Bertz CT molecular complexity index is 1070. The van der Waals surface area contributed by atoms with Crippen molar-refractivity contribution in [3.63, 3.8) is 0 Å². The monoisotopic (exact) mass is 393 g/mol. The molecule has 0 saturated heterocycles. The van der Waals surface area contributed by atoms with Crippen molar-refractivity contribution in [2.24, 2.45) is 0 Å². The fourth-order valence-corrected chi connectivity index (χ4v) is 3.12. The van der Waals surface area contributed by atoms with Crippen LogP contribution in [0.5, 0.6) is 0 Å². The van der Waals surface area contributed by atoms with E-state index in [1.165, 1.54) is 11.3 Å². The Balaban J connectivity index is 1.51. The van der Waals surface area contributed by atoms with Crippen LogP contribution in [0.1, 0.15) is 22.6 Å². The minimum Gasteiger partial charge on any atom is -0.340 e. The molecule has 138 valence electrons. The fraction of sp³-hybridized carbons (Fsp3) is 0.188. The minimum atomic E-state index is -4.67. The molecule has 3 aromatic heterocycles. The molecule has 1 aromatic carbocycles. The molecule has 0 N–H and O–H groups in total. The first-order chi connectivity index (χ1) is 12.9. The van der Waals surface area contributed by atoms with Crippen LogP contribution < -0.4 is 0 Å². The number of halogens is 3. The van der Waals surface area contributed by atoms with Gasteiger partial charge in [0, 0.05) is 23.4 Å². The predicted octanol–water partition coefficient (Wildman–Crippen LogP) is 4.16. The summed E-state index contributed by atoms with van der Waals surface area (Å²) in [5.41, 5.74) is 1.96. The predicted molar refractivity (Wildman–Crippen MR) is 87.7 cm³/mol. The van der Waals surface area contributed by atoms with Gasteiger partial charge in [0.15, 0.2) is 5.82 Å². The molecule has 0 radical (unpaired) electrons. The molecule has 0 atom stereocenters. The zero-order chi connectivity index (χ0) is 19.0. The second-order valence-corrected chi connectivity index (χ2v) is 6.47. The van der Waals surface area contributed by atoms with Gasteiger partial charge in [-0.1, -0.05) is 34.6 Å². The van der Waals surface area contributed by atoms with Gasteiger partial charge in [-0.15, -0.1) is 11.3 Å². The van der Waals surface area contributed by atoms with E-state index in [4.69, 9.17) is 4.52 Å². The highest BCUT2D eigenvalue weighted by atomic mass is 32.1. The normalized spacial score (nSPS) is 11.9. The average molecular weight is 393 g/mol. The van der Waals surface area contributed by atoms with E-state index in [1.54, 1.807) is 31.2 Å². The summed E-state index contributed by atoms with van der Waals surface area (Å²) in [5.74, 6) is -0.448. The van der Waals surface area contributed by atoms with Crippen LogP contribution in [0.15, 0.2) is 38.7 Å². The van der Waals surface area contributed by atoms with Gasteiger partial charge in [-0.3, -0.25) is 0 Å². The molecule has 0 aliphatic rings. The Morgan fingerprint density at radius 2 is 1.70 bits per heavy atom. The van der Waals surface area contributed by atoms with Crippen LogP contribution in [0.3, 0.4) is 0 Å². The van der Waals surface area contributed by atoms with Crippen LogP contribution in [0.2, 0.25) is 0 Å². The van der Waals surface area contributed by atoms with E-state index in [9.17, 15) is 13.2 Å². The number of aromatic nitrogens is 5. The van der Waals surface area contributed by atoms with Gasteiger partial charge >= 0.3 is 12.1 Å². The molecule has 0 spiro atoms. The molecule has 0 unspecified atom stereocenters. The summed E-state index contributed by atoms with van der Waals surface area (Å²) in [6, 6.07) is 6.69. The van der Waals surface area contributed by atoms with Crippen LogP contribution in [0, 0.1) is 6.92 Å². The summed E-state index contributed by atoms with van der Waals surface area (Å²) in [6.07, 6.45) is -4.21. The number of thiazole rings is 1. The molecular formula is C16H10F3N5O2S. The van der Waals surface area contributed by atoms with E-state index in [-0.39, 0.29) is 5.82 Å². The molecule has 4 aromatic rings. The maximum Gasteiger partial charge on any atom is 0.471 e. The lowest BCUT2D eigenvalue weighted by atomic mass is 10.1. The first-order valence-electron chi connectivity index (χ1n) is 7.64. The molecule has 0 aliphatic heterocycles. The number of rotatable bonds is 4. The van der Waals surface area contributed by atoms with Gasteiger partial charge in [-0.25, -0.2) is 4.98 Å². The molecule has 0 aliphatic carbocycles. The van der Waals surface area contributed by atoms with E-state index in [2.05, 4.69) is 29.8 Å². The third-order valence-electron chi connectivity index (χ3n) is 3.54. The van der Waals surface area contributed by atoms with Crippen molar-refractivity contribution < 1.29 is 22.2 Å². The lowest BCUT2D eigenvalue weighted by molar-refractivity contribution is -0.159. The zero-order valence-electron chi connectivity index (χ0n) is 13.7. The van der Waals surface area contributed by atoms with Crippen molar-refractivity contribution in [2.75, 3.05) is 0 Å². The topological polar surface area (TPSA) is 90.7 Å². The van der Waals surface area contributed by atoms with Gasteiger partial charge in [-0.2, -0.15) is 23.1 Å². The maximum absolute atomic E-state index is 12.5. The van der Waals surface area contributed by atoms with Crippen molar-refractivity contribution in [3.05, 3.63) is 52.3 Å². The largest absolute Gasteiger partial charge is 0.471 e. The standard InChI is InChI=1S/C16H10F3N5O2S/c1-8-20-12(23-25-8)6-13-21-11(7-27-13)9-2-4-10(5-3-9)14-22-15(26-24-14)16(17,18)19/h2-5,7H,6H2,1H3. The number of alkyl halides is 3. The average Bonchev–Trinajstić information content (AvgIpc) is 3.36. The summed E-state index contributed by atoms with van der Waals surface area (Å²) >= 11 is 1.46. The fourth-order valence-electron chi connectivity index (χ4n) is 2.32. The number of benzene rings is 1. The van der Waals surface area contributed by atoms with Crippen molar-refractivity contribution in [3.8, 4) is 22.6 Å². The van der Waals surface area contributed by atoms with E-state index in [1.807, 2.05) is 5.38 Å². The SMILES string of the molecule is Cc1nc(Cc2nc(-c3ccc(-c4noc(C(F)(F)F)n4)cc3)cs2)no1. The van der Waals surface area contributed by atoms with Crippen LogP contribution in [0.4, 0.5) is 13.2 Å². The van der Waals surface area contributed by atoms with Crippen LogP contribution in [-0.4, -0.2) is 25.3 Å². The van der Waals surface area contributed by atoms with E-state index < -0.39 is 12.1 Å². The Morgan fingerprint density at radius 1 is 0.963 bits per heavy atom. The van der Waals surface area contributed by atoms with Gasteiger partial charge < -0.3 is 9.05 Å². The number of nitrogens with zero attached hydrogens (tertiary/aromatic N) is 5. The Hall–Kier alpha value is -3.08. The number of aryl methyl sites for hydroxylation is 1. The van der Waals surface area contributed by atoms with Crippen LogP contribution >= 0.6 is 11.3 Å². The summed E-state index contributed by atoms with van der Waals surface area (Å²) in [7, 11) is 0. The van der Waals surface area contributed by atoms with Gasteiger partial charge in [0.25, 0.3) is 0 Å². The second-order valence-electron chi connectivity index (χ2n) is 5.53. The Morgan fingerprint density at radius 3 is 2.33 bits per heavy atom. The highest BCUT2D eigenvalue weighted by Gasteiger charge is 2.38.